The standard InChI is InChI=1S/C14H17N3O/c1-10-9-11(5-6-12(10)16-18)17-8-7-13(15-17)14(2,3)4/h5-9H,1-4H3. The van der Waals surface area contributed by atoms with Crippen LogP contribution in [-0.4, -0.2) is 9.78 Å². The van der Waals surface area contributed by atoms with Crippen molar-refractivity contribution in [3.8, 4) is 5.69 Å². The zero-order valence-corrected chi connectivity index (χ0v) is 11.1. The average Bonchev–Trinajstić information content (AvgIpc) is 2.77. The monoisotopic (exact) mass is 243 g/mol. The molecule has 4 nitrogen and oxygen atoms in total. The van der Waals surface area contributed by atoms with Crippen molar-refractivity contribution in [1.29, 1.82) is 0 Å². The first kappa shape index (κ1) is 12.5. The number of benzene rings is 1. The van der Waals surface area contributed by atoms with Crippen molar-refractivity contribution in [2.24, 2.45) is 5.18 Å². The van der Waals surface area contributed by atoms with Crippen LogP contribution in [0, 0.1) is 11.8 Å². The van der Waals surface area contributed by atoms with Gasteiger partial charge in [-0.2, -0.15) is 5.10 Å². The van der Waals surface area contributed by atoms with Gasteiger partial charge in [0.1, 0.15) is 5.69 Å². The van der Waals surface area contributed by atoms with E-state index in [0.29, 0.717) is 5.69 Å². The minimum atomic E-state index is 0.0323. The summed E-state index contributed by atoms with van der Waals surface area (Å²) in [6, 6.07) is 7.50. The molecule has 0 saturated carbocycles. The highest BCUT2D eigenvalue weighted by molar-refractivity contribution is 5.51. The van der Waals surface area contributed by atoms with Crippen LogP contribution in [0.25, 0.3) is 5.69 Å². The second-order valence-corrected chi connectivity index (χ2v) is 5.46. The van der Waals surface area contributed by atoms with Crippen molar-refractivity contribution in [2.75, 3.05) is 0 Å². The number of aromatic nitrogens is 2. The second kappa shape index (κ2) is 4.37. The lowest BCUT2D eigenvalue weighted by atomic mass is 9.93. The van der Waals surface area contributed by atoms with E-state index in [4.69, 9.17) is 0 Å². The van der Waals surface area contributed by atoms with Gasteiger partial charge in [-0.3, -0.25) is 0 Å². The summed E-state index contributed by atoms with van der Waals surface area (Å²) in [6.45, 7) is 8.26. The number of nitrogens with zero attached hydrogens (tertiary/aromatic N) is 3. The van der Waals surface area contributed by atoms with E-state index in [-0.39, 0.29) is 5.41 Å². The molecule has 0 aliphatic carbocycles. The molecule has 2 rings (SSSR count). The minimum Gasteiger partial charge on any atom is -0.241 e. The fraction of sp³-hybridized carbons (Fsp3) is 0.357. The molecule has 1 heterocycles. The van der Waals surface area contributed by atoms with E-state index in [1.54, 1.807) is 6.07 Å². The van der Waals surface area contributed by atoms with Gasteiger partial charge in [-0.25, -0.2) is 4.68 Å². The van der Waals surface area contributed by atoms with Gasteiger partial charge in [0, 0.05) is 11.6 Å². The molecule has 4 heteroatoms. The van der Waals surface area contributed by atoms with Gasteiger partial charge < -0.3 is 0 Å². The lowest BCUT2D eigenvalue weighted by Crippen LogP contribution is -2.12. The van der Waals surface area contributed by atoms with Gasteiger partial charge in [0.2, 0.25) is 0 Å². The van der Waals surface area contributed by atoms with Gasteiger partial charge in [-0.1, -0.05) is 20.8 Å². The Morgan fingerprint density at radius 1 is 1.22 bits per heavy atom. The van der Waals surface area contributed by atoms with Gasteiger partial charge in [0.15, 0.2) is 0 Å². The van der Waals surface area contributed by atoms with Crippen molar-refractivity contribution in [2.45, 2.75) is 33.1 Å². The molecule has 2 aromatic rings. The maximum atomic E-state index is 10.5. The Kier molecular flexibility index (Phi) is 3.03. The topological polar surface area (TPSA) is 47.2 Å². The van der Waals surface area contributed by atoms with E-state index >= 15 is 0 Å². The van der Waals surface area contributed by atoms with Crippen molar-refractivity contribution in [3.05, 3.63) is 46.6 Å². The molecule has 0 aliphatic rings. The number of hydrogen-bond donors (Lipinski definition) is 0. The van der Waals surface area contributed by atoms with Crippen molar-refractivity contribution in [3.63, 3.8) is 0 Å². The molecule has 0 spiro atoms. The van der Waals surface area contributed by atoms with E-state index in [9.17, 15) is 4.91 Å². The highest BCUT2D eigenvalue weighted by Crippen LogP contribution is 2.23. The fourth-order valence-electron chi connectivity index (χ4n) is 1.75. The summed E-state index contributed by atoms with van der Waals surface area (Å²) in [5.41, 5.74) is 3.34. The molecule has 0 N–H and O–H groups in total. The molecule has 94 valence electrons. The maximum Gasteiger partial charge on any atom is 0.111 e. The van der Waals surface area contributed by atoms with E-state index in [0.717, 1.165) is 16.9 Å². The first-order valence-corrected chi connectivity index (χ1v) is 5.92. The summed E-state index contributed by atoms with van der Waals surface area (Å²) in [7, 11) is 0. The average molecular weight is 243 g/mol. The summed E-state index contributed by atoms with van der Waals surface area (Å²) in [5, 5.41) is 7.53. The second-order valence-electron chi connectivity index (χ2n) is 5.46. The molecule has 0 unspecified atom stereocenters. The molecule has 0 fully saturated rings. The van der Waals surface area contributed by atoms with Gasteiger partial charge in [0.05, 0.1) is 11.4 Å². The quantitative estimate of drug-likeness (QED) is 0.751. The van der Waals surface area contributed by atoms with Crippen LogP contribution in [0.3, 0.4) is 0 Å². The molecule has 18 heavy (non-hydrogen) atoms. The molecule has 0 aliphatic heterocycles. The van der Waals surface area contributed by atoms with Crippen LogP contribution in [0.15, 0.2) is 35.6 Å². The van der Waals surface area contributed by atoms with Crippen LogP contribution in [0.1, 0.15) is 32.0 Å². The predicted molar refractivity (Wildman–Crippen MR) is 72.5 cm³/mol. The Morgan fingerprint density at radius 3 is 2.44 bits per heavy atom. The van der Waals surface area contributed by atoms with E-state index in [1.807, 2.05) is 36.0 Å². The minimum absolute atomic E-state index is 0.0323. The molecular formula is C14H17N3O. The Morgan fingerprint density at radius 2 is 1.94 bits per heavy atom. The van der Waals surface area contributed by atoms with Crippen molar-refractivity contribution in [1.82, 2.24) is 9.78 Å². The van der Waals surface area contributed by atoms with E-state index in [1.165, 1.54) is 0 Å². The number of aryl methyl sites for hydroxylation is 1. The summed E-state index contributed by atoms with van der Waals surface area (Å²) in [4.78, 5) is 10.5. The molecule has 1 aromatic heterocycles. The summed E-state index contributed by atoms with van der Waals surface area (Å²) in [6.07, 6.45) is 1.93. The maximum absolute atomic E-state index is 10.5. The third-order valence-corrected chi connectivity index (χ3v) is 2.90. The normalized spacial score (nSPS) is 11.6. The third-order valence-electron chi connectivity index (χ3n) is 2.90. The van der Waals surface area contributed by atoms with Crippen LogP contribution in [0.2, 0.25) is 0 Å². The first-order valence-electron chi connectivity index (χ1n) is 5.92. The number of hydrogen-bond acceptors (Lipinski definition) is 3. The summed E-state index contributed by atoms with van der Waals surface area (Å²) in [5.74, 6) is 0. The van der Waals surface area contributed by atoms with Crippen LogP contribution < -0.4 is 0 Å². The molecule has 0 atom stereocenters. The molecule has 0 saturated heterocycles. The lowest BCUT2D eigenvalue weighted by Gasteiger charge is -2.14. The SMILES string of the molecule is Cc1cc(-n2ccc(C(C)(C)C)n2)ccc1N=O. The van der Waals surface area contributed by atoms with Crippen LogP contribution in [-0.2, 0) is 5.41 Å². The van der Waals surface area contributed by atoms with Crippen molar-refractivity contribution >= 4 is 5.69 Å². The van der Waals surface area contributed by atoms with Gasteiger partial charge >= 0.3 is 0 Å². The first-order chi connectivity index (χ1) is 8.41. The fourth-order valence-corrected chi connectivity index (χ4v) is 1.75. The van der Waals surface area contributed by atoms with E-state index < -0.39 is 0 Å². The Hall–Kier alpha value is -1.97. The number of nitroso groups, excluding NO2 is 1. The van der Waals surface area contributed by atoms with Gasteiger partial charge in [-0.05, 0) is 41.9 Å². The third kappa shape index (κ3) is 2.32. The van der Waals surface area contributed by atoms with Crippen LogP contribution in [0.4, 0.5) is 5.69 Å². The highest BCUT2D eigenvalue weighted by Gasteiger charge is 2.17. The smallest absolute Gasteiger partial charge is 0.111 e. The molecule has 0 amide bonds. The summed E-state index contributed by atoms with van der Waals surface area (Å²) >= 11 is 0. The van der Waals surface area contributed by atoms with Crippen molar-refractivity contribution < 1.29 is 0 Å². The Labute approximate surface area is 107 Å². The molecule has 0 radical (unpaired) electrons. The zero-order valence-electron chi connectivity index (χ0n) is 11.1. The molecular weight excluding hydrogens is 226 g/mol. The predicted octanol–water partition coefficient (Wildman–Crippen LogP) is 3.88. The Balaban J connectivity index is 2.40. The summed E-state index contributed by atoms with van der Waals surface area (Å²) < 4.78 is 1.82. The number of rotatable bonds is 2. The van der Waals surface area contributed by atoms with E-state index in [2.05, 4.69) is 31.0 Å². The van der Waals surface area contributed by atoms with Crippen LogP contribution in [0.5, 0.6) is 0 Å². The van der Waals surface area contributed by atoms with Gasteiger partial charge in [-0.15, -0.1) is 4.91 Å². The lowest BCUT2D eigenvalue weighted by molar-refractivity contribution is 0.560. The molecule has 0 bridgehead atoms. The highest BCUT2D eigenvalue weighted by atomic mass is 16.3. The Bertz CT molecular complexity index is 579. The largest absolute Gasteiger partial charge is 0.241 e. The molecule has 1 aromatic carbocycles. The van der Waals surface area contributed by atoms with Crippen LogP contribution >= 0.6 is 0 Å². The van der Waals surface area contributed by atoms with Gasteiger partial charge in [0.25, 0.3) is 0 Å². The zero-order chi connectivity index (χ0) is 13.3.